The molecule has 1 aromatic rings. The molecule has 0 unspecified atom stereocenters. The summed E-state index contributed by atoms with van der Waals surface area (Å²) in [5, 5.41) is 9.00. The smallest absolute Gasteiger partial charge is 0.337 e. The summed E-state index contributed by atoms with van der Waals surface area (Å²) >= 11 is 6.58. The molecule has 5 heteroatoms. The minimum atomic E-state index is -0.935. The molecular formula is C9H9Br2NO2. The first-order valence-electron chi connectivity index (χ1n) is 3.83. The number of hydrogen-bond acceptors (Lipinski definition) is 2. The van der Waals surface area contributed by atoms with Crippen molar-refractivity contribution >= 4 is 43.5 Å². The molecule has 0 aliphatic rings. The van der Waals surface area contributed by atoms with E-state index in [9.17, 15) is 4.79 Å². The van der Waals surface area contributed by atoms with Crippen LogP contribution < -0.4 is 4.90 Å². The molecule has 0 aliphatic heterocycles. The molecule has 0 radical (unpaired) electrons. The zero-order valence-electron chi connectivity index (χ0n) is 7.71. The summed E-state index contributed by atoms with van der Waals surface area (Å²) in [6.07, 6.45) is 0. The molecular weight excluding hydrogens is 314 g/mol. The summed E-state index contributed by atoms with van der Waals surface area (Å²) in [6, 6.07) is 3.41. The SMILES string of the molecule is CN(C)c1c(Br)cc(Br)cc1C(=O)O. The lowest BCUT2D eigenvalue weighted by Crippen LogP contribution is -2.14. The van der Waals surface area contributed by atoms with E-state index in [2.05, 4.69) is 31.9 Å². The Morgan fingerprint density at radius 1 is 1.36 bits per heavy atom. The normalized spacial score (nSPS) is 10.0. The number of rotatable bonds is 2. The summed E-state index contributed by atoms with van der Waals surface area (Å²) < 4.78 is 1.50. The predicted octanol–water partition coefficient (Wildman–Crippen LogP) is 2.98. The van der Waals surface area contributed by atoms with Crippen LogP contribution in [0.15, 0.2) is 21.1 Å². The molecule has 0 saturated heterocycles. The first-order chi connectivity index (χ1) is 6.43. The molecule has 0 aromatic heterocycles. The van der Waals surface area contributed by atoms with E-state index < -0.39 is 5.97 Å². The van der Waals surface area contributed by atoms with Gasteiger partial charge in [0.25, 0.3) is 0 Å². The monoisotopic (exact) mass is 321 g/mol. The highest BCUT2D eigenvalue weighted by atomic mass is 79.9. The maximum absolute atomic E-state index is 11.0. The van der Waals surface area contributed by atoms with Gasteiger partial charge in [0.1, 0.15) is 0 Å². The van der Waals surface area contributed by atoms with Gasteiger partial charge in [0.05, 0.1) is 11.3 Å². The Morgan fingerprint density at radius 2 is 1.93 bits per heavy atom. The third-order valence-corrected chi connectivity index (χ3v) is 2.77. The summed E-state index contributed by atoms with van der Waals surface area (Å²) in [5.41, 5.74) is 0.942. The van der Waals surface area contributed by atoms with Gasteiger partial charge in [0, 0.05) is 23.0 Å². The molecule has 0 fully saturated rings. The second kappa shape index (κ2) is 4.31. The average molecular weight is 323 g/mol. The van der Waals surface area contributed by atoms with E-state index >= 15 is 0 Å². The largest absolute Gasteiger partial charge is 0.478 e. The van der Waals surface area contributed by atoms with Crippen LogP contribution in [0.25, 0.3) is 0 Å². The number of halogens is 2. The van der Waals surface area contributed by atoms with E-state index in [0.29, 0.717) is 5.69 Å². The molecule has 14 heavy (non-hydrogen) atoms. The van der Waals surface area contributed by atoms with Crippen molar-refractivity contribution in [1.29, 1.82) is 0 Å². The number of carboxylic acids is 1. The van der Waals surface area contributed by atoms with Gasteiger partial charge in [-0.2, -0.15) is 0 Å². The first kappa shape index (κ1) is 11.5. The Hall–Kier alpha value is -0.550. The molecule has 0 saturated carbocycles. The first-order valence-corrected chi connectivity index (χ1v) is 5.41. The summed E-state index contributed by atoms with van der Waals surface area (Å²) in [5.74, 6) is -0.935. The Bertz CT molecular complexity index is 377. The van der Waals surface area contributed by atoms with Crippen LogP contribution in [-0.2, 0) is 0 Å². The van der Waals surface area contributed by atoms with Gasteiger partial charge in [0.2, 0.25) is 0 Å². The third-order valence-electron chi connectivity index (χ3n) is 1.71. The van der Waals surface area contributed by atoms with Crippen molar-refractivity contribution in [1.82, 2.24) is 0 Å². The van der Waals surface area contributed by atoms with Crippen LogP contribution in [0, 0.1) is 0 Å². The van der Waals surface area contributed by atoms with Crippen LogP contribution in [0.3, 0.4) is 0 Å². The highest BCUT2D eigenvalue weighted by Crippen LogP contribution is 2.32. The Morgan fingerprint density at radius 3 is 2.36 bits per heavy atom. The van der Waals surface area contributed by atoms with E-state index in [0.717, 1.165) is 8.95 Å². The number of benzene rings is 1. The highest BCUT2D eigenvalue weighted by molar-refractivity contribution is 9.11. The van der Waals surface area contributed by atoms with Gasteiger partial charge in [-0.15, -0.1) is 0 Å². The van der Waals surface area contributed by atoms with Gasteiger partial charge in [-0.25, -0.2) is 4.79 Å². The number of nitrogens with zero attached hydrogens (tertiary/aromatic N) is 1. The molecule has 0 spiro atoms. The average Bonchev–Trinajstić information content (AvgIpc) is 2.01. The molecule has 1 N–H and O–H groups in total. The van der Waals surface area contributed by atoms with Gasteiger partial charge in [-0.3, -0.25) is 0 Å². The number of hydrogen-bond donors (Lipinski definition) is 1. The van der Waals surface area contributed by atoms with Crippen LogP contribution in [0.2, 0.25) is 0 Å². The molecule has 0 amide bonds. The topological polar surface area (TPSA) is 40.5 Å². The number of carbonyl (C=O) groups is 1. The van der Waals surface area contributed by atoms with E-state index in [4.69, 9.17) is 5.11 Å². The van der Waals surface area contributed by atoms with Gasteiger partial charge in [-0.05, 0) is 28.1 Å². The molecule has 3 nitrogen and oxygen atoms in total. The molecule has 0 bridgehead atoms. The van der Waals surface area contributed by atoms with E-state index in [1.54, 1.807) is 25.1 Å². The zero-order chi connectivity index (χ0) is 10.9. The van der Waals surface area contributed by atoms with Crippen LogP contribution in [-0.4, -0.2) is 25.2 Å². The zero-order valence-corrected chi connectivity index (χ0v) is 10.9. The van der Waals surface area contributed by atoms with Gasteiger partial charge >= 0.3 is 5.97 Å². The lowest BCUT2D eigenvalue weighted by molar-refractivity contribution is 0.0697. The van der Waals surface area contributed by atoms with Crippen molar-refractivity contribution in [2.24, 2.45) is 0 Å². The van der Waals surface area contributed by atoms with Crippen LogP contribution in [0.1, 0.15) is 10.4 Å². The van der Waals surface area contributed by atoms with E-state index in [1.165, 1.54) is 0 Å². The summed E-state index contributed by atoms with van der Waals surface area (Å²) in [6.45, 7) is 0. The lowest BCUT2D eigenvalue weighted by Gasteiger charge is -2.17. The quantitative estimate of drug-likeness (QED) is 0.910. The van der Waals surface area contributed by atoms with Crippen molar-refractivity contribution < 1.29 is 9.90 Å². The number of carboxylic acid groups (broad SMARTS) is 1. The lowest BCUT2D eigenvalue weighted by atomic mass is 10.1. The Labute approximate surface area is 99.0 Å². The van der Waals surface area contributed by atoms with Gasteiger partial charge in [-0.1, -0.05) is 15.9 Å². The van der Waals surface area contributed by atoms with E-state index in [-0.39, 0.29) is 5.56 Å². The molecule has 76 valence electrons. The van der Waals surface area contributed by atoms with Crippen molar-refractivity contribution in [2.75, 3.05) is 19.0 Å². The maximum atomic E-state index is 11.0. The fraction of sp³-hybridized carbons (Fsp3) is 0.222. The van der Waals surface area contributed by atoms with Crippen molar-refractivity contribution in [3.63, 3.8) is 0 Å². The minimum Gasteiger partial charge on any atom is -0.478 e. The molecule has 1 aromatic carbocycles. The Balaban J connectivity index is 3.44. The Kier molecular flexibility index (Phi) is 3.55. The summed E-state index contributed by atoms with van der Waals surface area (Å²) in [7, 11) is 3.61. The highest BCUT2D eigenvalue weighted by Gasteiger charge is 2.15. The second-order valence-corrected chi connectivity index (χ2v) is 4.75. The standard InChI is InChI=1S/C9H9Br2NO2/c1-12(2)8-6(9(13)14)3-5(10)4-7(8)11/h3-4H,1-2H3,(H,13,14). The van der Waals surface area contributed by atoms with Crippen molar-refractivity contribution in [3.8, 4) is 0 Å². The number of anilines is 1. The molecule has 0 atom stereocenters. The van der Waals surface area contributed by atoms with Crippen LogP contribution in [0.4, 0.5) is 5.69 Å². The molecule has 1 rings (SSSR count). The fourth-order valence-electron chi connectivity index (χ4n) is 1.18. The van der Waals surface area contributed by atoms with Gasteiger partial charge in [0.15, 0.2) is 0 Å². The minimum absolute atomic E-state index is 0.274. The maximum Gasteiger partial charge on any atom is 0.337 e. The fourth-order valence-corrected chi connectivity index (χ4v) is 2.76. The number of aromatic carboxylic acids is 1. The molecule has 0 heterocycles. The van der Waals surface area contributed by atoms with E-state index in [1.807, 2.05) is 6.07 Å². The second-order valence-electron chi connectivity index (χ2n) is 2.98. The van der Waals surface area contributed by atoms with Crippen LogP contribution in [0.5, 0.6) is 0 Å². The summed E-state index contributed by atoms with van der Waals surface area (Å²) in [4.78, 5) is 12.7. The van der Waals surface area contributed by atoms with Crippen molar-refractivity contribution in [3.05, 3.63) is 26.6 Å². The van der Waals surface area contributed by atoms with Gasteiger partial charge < -0.3 is 10.0 Å². The van der Waals surface area contributed by atoms with Crippen LogP contribution >= 0.6 is 31.9 Å². The predicted molar refractivity (Wildman–Crippen MR) is 63.1 cm³/mol. The van der Waals surface area contributed by atoms with Crippen molar-refractivity contribution in [2.45, 2.75) is 0 Å². The third kappa shape index (κ3) is 2.27. The molecule has 0 aliphatic carbocycles.